The number of nitrogens with one attached hydrogen (secondary N) is 2. The highest BCUT2D eigenvalue weighted by molar-refractivity contribution is 6.30. The lowest BCUT2D eigenvalue weighted by Crippen LogP contribution is -2.37. The van der Waals surface area contributed by atoms with Crippen molar-refractivity contribution in [1.82, 2.24) is 25.4 Å². The van der Waals surface area contributed by atoms with E-state index in [1.54, 1.807) is 6.33 Å². The van der Waals surface area contributed by atoms with Gasteiger partial charge < -0.3 is 10.6 Å². The molecule has 0 fully saturated rings. The van der Waals surface area contributed by atoms with Gasteiger partial charge in [-0.05, 0) is 36.8 Å². The van der Waals surface area contributed by atoms with Crippen LogP contribution in [0.5, 0.6) is 0 Å². The SMILES string of the molecule is CCNC(=NCc1cccc(Cl)c1)NCc1nncn1-c1ccccc1. The lowest BCUT2D eigenvalue weighted by molar-refractivity contribution is 0.756. The first-order valence-electron chi connectivity index (χ1n) is 8.47. The molecule has 0 aliphatic carbocycles. The number of hydrogen-bond acceptors (Lipinski definition) is 3. The van der Waals surface area contributed by atoms with Gasteiger partial charge in [0.1, 0.15) is 6.33 Å². The number of aliphatic imine (C=N–C) groups is 1. The molecule has 6 nitrogen and oxygen atoms in total. The molecule has 134 valence electrons. The van der Waals surface area contributed by atoms with E-state index in [-0.39, 0.29) is 0 Å². The molecule has 2 aromatic carbocycles. The monoisotopic (exact) mass is 368 g/mol. The van der Waals surface area contributed by atoms with Gasteiger partial charge in [0.15, 0.2) is 11.8 Å². The zero-order valence-electron chi connectivity index (χ0n) is 14.6. The standard InChI is InChI=1S/C19H21ClN6/c1-2-21-19(22-12-15-7-6-8-16(20)11-15)23-13-18-25-24-14-26(18)17-9-4-3-5-10-17/h3-11,14H,2,12-13H2,1H3,(H2,21,22,23). The zero-order chi connectivity index (χ0) is 18.2. The second kappa shape index (κ2) is 9.01. The lowest BCUT2D eigenvalue weighted by Gasteiger charge is -2.12. The average molecular weight is 369 g/mol. The molecule has 0 aliphatic heterocycles. The van der Waals surface area contributed by atoms with Gasteiger partial charge in [-0.1, -0.05) is 41.9 Å². The highest BCUT2D eigenvalue weighted by atomic mass is 35.5. The van der Waals surface area contributed by atoms with Crippen LogP contribution in [0.1, 0.15) is 18.3 Å². The molecule has 0 amide bonds. The van der Waals surface area contributed by atoms with Crippen molar-refractivity contribution < 1.29 is 0 Å². The number of rotatable bonds is 6. The van der Waals surface area contributed by atoms with E-state index in [0.717, 1.165) is 29.6 Å². The molecule has 0 saturated carbocycles. The molecule has 0 unspecified atom stereocenters. The molecule has 2 N–H and O–H groups in total. The Bertz CT molecular complexity index is 859. The highest BCUT2D eigenvalue weighted by Gasteiger charge is 2.07. The Morgan fingerprint density at radius 3 is 2.73 bits per heavy atom. The number of halogens is 1. The summed E-state index contributed by atoms with van der Waals surface area (Å²) in [6.07, 6.45) is 1.71. The molecule has 0 radical (unpaired) electrons. The van der Waals surface area contributed by atoms with Crippen molar-refractivity contribution in [3.8, 4) is 5.69 Å². The smallest absolute Gasteiger partial charge is 0.191 e. The summed E-state index contributed by atoms with van der Waals surface area (Å²) < 4.78 is 1.95. The summed E-state index contributed by atoms with van der Waals surface area (Å²) in [5.74, 6) is 1.53. The van der Waals surface area contributed by atoms with Crippen molar-refractivity contribution in [2.24, 2.45) is 4.99 Å². The first-order chi connectivity index (χ1) is 12.8. The summed E-state index contributed by atoms with van der Waals surface area (Å²) in [5.41, 5.74) is 2.08. The van der Waals surface area contributed by atoms with Gasteiger partial charge in [-0.2, -0.15) is 0 Å². The van der Waals surface area contributed by atoms with Crippen LogP contribution < -0.4 is 10.6 Å². The summed E-state index contributed by atoms with van der Waals surface area (Å²) in [6, 6.07) is 17.7. The fraction of sp³-hybridized carbons (Fsp3) is 0.211. The lowest BCUT2D eigenvalue weighted by atomic mass is 10.2. The van der Waals surface area contributed by atoms with Gasteiger partial charge in [0, 0.05) is 17.3 Å². The summed E-state index contributed by atoms with van der Waals surface area (Å²) in [7, 11) is 0. The summed E-state index contributed by atoms with van der Waals surface area (Å²) >= 11 is 6.03. The third-order valence-corrected chi connectivity index (χ3v) is 3.95. The summed E-state index contributed by atoms with van der Waals surface area (Å²) in [4.78, 5) is 4.61. The maximum Gasteiger partial charge on any atom is 0.191 e. The predicted molar refractivity (Wildman–Crippen MR) is 104 cm³/mol. The molecular formula is C19H21ClN6. The zero-order valence-corrected chi connectivity index (χ0v) is 15.3. The van der Waals surface area contributed by atoms with Crippen LogP contribution in [-0.2, 0) is 13.1 Å². The van der Waals surface area contributed by atoms with Gasteiger partial charge in [0.2, 0.25) is 0 Å². The molecule has 1 aromatic heterocycles. The van der Waals surface area contributed by atoms with Crippen LogP contribution >= 0.6 is 11.6 Å². The second-order valence-electron chi connectivity index (χ2n) is 5.63. The number of para-hydroxylation sites is 1. The number of hydrogen-bond donors (Lipinski definition) is 2. The second-order valence-corrected chi connectivity index (χ2v) is 6.07. The van der Waals surface area contributed by atoms with E-state index in [9.17, 15) is 0 Å². The minimum Gasteiger partial charge on any atom is -0.357 e. The molecule has 1 heterocycles. The summed E-state index contributed by atoms with van der Waals surface area (Å²) in [6.45, 7) is 3.85. The van der Waals surface area contributed by atoms with Crippen molar-refractivity contribution >= 4 is 17.6 Å². The van der Waals surface area contributed by atoms with E-state index in [1.807, 2.05) is 66.1 Å². The van der Waals surface area contributed by atoms with E-state index in [4.69, 9.17) is 11.6 Å². The van der Waals surface area contributed by atoms with Crippen molar-refractivity contribution in [3.05, 3.63) is 77.3 Å². The average Bonchev–Trinajstić information content (AvgIpc) is 3.13. The Balaban J connectivity index is 1.68. The van der Waals surface area contributed by atoms with E-state index in [2.05, 4.69) is 25.8 Å². The Hall–Kier alpha value is -2.86. The molecule has 0 atom stereocenters. The van der Waals surface area contributed by atoms with Crippen LogP contribution in [0, 0.1) is 0 Å². The minimum absolute atomic E-state index is 0.510. The van der Waals surface area contributed by atoms with E-state index >= 15 is 0 Å². The topological polar surface area (TPSA) is 67.1 Å². The van der Waals surface area contributed by atoms with Crippen LogP contribution in [0.3, 0.4) is 0 Å². The van der Waals surface area contributed by atoms with Gasteiger partial charge in [-0.15, -0.1) is 10.2 Å². The quantitative estimate of drug-likeness (QED) is 0.518. The Kier molecular flexibility index (Phi) is 6.22. The van der Waals surface area contributed by atoms with Gasteiger partial charge in [0.25, 0.3) is 0 Å². The largest absolute Gasteiger partial charge is 0.357 e. The van der Waals surface area contributed by atoms with Crippen LogP contribution in [0.2, 0.25) is 5.02 Å². The predicted octanol–water partition coefficient (Wildman–Crippen LogP) is 3.18. The minimum atomic E-state index is 0.510. The fourth-order valence-electron chi connectivity index (χ4n) is 2.49. The molecule has 0 saturated heterocycles. The van der Waals surface area contributed by atoms with Crippen molar-refractivity contribution in [2.75, 3.05) is 6.54 Å². The van der Waals surface area contributed by atoms with E-state index in [0.29, 0.717) is 18.1 Å². The van der Waals surface area contributed by atoms with Crippen molar-refractivity contribution in [1.29, 1.82) is 0 Å². The number of guanidine groups is 1. The van der Waals surface area contributed by atoms with Gasteiger partial charge in [-0.25, -0.2) is 4.99 Å². The molecule has 3 aromatic rings. The fourth-order valence-corrected chi connectivity index (χ4v) is 2.71. The number of benzene rings is 2. The van der Waals surface area contributed by atoms with Gasteiger partial charge in [-0.3, -0.25) is 4.57 Å². The third kappa shape index (κ3) is 4.83. The molecule has 0 aliphatic rings. The van der Waals surface area contributed by atoms with Gasteiger partial charge in [0.05, 0.1) is 13.1 Å². The van der Waals surface area contributed by atoms with Crippen LogP contribution in [0.4, 0.5) is 0 Å². The van der Waals surface area contributed by atoms with Crippen molar-refractivity contribution in [3.63, 3.8) is 0 Å². The first-order valence-corrected chi connectivity index (χ1v) is 8.85. The molecule has 0 bridgehead atoms. The normalized spacial score (nSPS) is 11.4. The molecule has 26 heavy (non-hydrogen) atoms. The summed E-state index contributed by atoms with van der Waals surface area (Å²) in [5, 5.41) is 15.5. The van der Waals surface area contributed by atoms with Crippen LogP contribution in [-0.4, -0.2) is 27.3 Å². The number of nitrogens with zero attached hydrogens (tertiary/aromatic N) is 4. The molecule has 3 rings (SSSR count). The molecular weight excluding hydrogens is 348 g/mol. The Morgan fingerprint density at radius 2 is 1.96 bits per heavy atom. The maximum atomic E-state index is 6.03. The van der Waals surface area contributed by atoms with Crippen LogP contribution in [0.15, 0.2) is 65.9 Å². The Labute approximate surface area is 157 Å². The third-order valence-electron chi connectivity index (χ3n) is 3.72. The van der Waals surface area contributed by atoms with E-state index in [1.165, 1.54) is 0 Å². The van der Waals surface area contributed by atoms with Gasteiger partial charge >= 0.3 is 0 Å². The number of aromatic nitrogens is 3. The Morgan fingerprint density at radius 1 is 1.12 bits per heavy atom. The van der Waals surface area contributed by atoms with Crippen molar-refractivity contribution in [2.45, 2.75) is 20.0 Å². The maximum absolute atomic E-state index is 6.03. The van der Waals surface area contributed by atoms with E-state index < -0.39 is 0 Å². The molecule has 0 spiro atoms. The molecule has 7 heteroatoms. The highest BCUT2D eigenvalue weighted by Crippen LogP contribution is 2.11. The van der Waals surface area contributed by atoms with Crippen LogP contribution in [0.25, 0.3) is 5.69 Å². The first kappa shape index (κ1) is 17.9.